The molecule has 0 unspecified atom stereocenters. The molecule has 1 aliphatic rings. The average Bonchev–Trinajstić information content (AvgIpc) is 3.19. The lowest BCUT2D eigenvalue weighted by molar-refractivity contribution is -0.123. The summed E-state index contributed by atoms with van der Waals surface area (Å²) in [7, 11) is 1.58. The van der Waals surface area contributed by atoms with Crippen molar-refractivity contribution in [1.82, 2.24) is 4.90 Å². The van der Waals surface area contributed by atoms with Crippen LogP contribution in [-0.4, -0.2) is 36.3 Å². The number of ether oxygens (including phenoxy) is 3. The number of fused-ring (bicyclic) bond motifs is 1. The summed E-state index contributed by atoms with van der Waals surface area (Å²) in [6, 6.07) is 27.4. The number of hydrogen-bond donors (Lipinski definition) is 0. The van der Waals surface area contributed by atoms with Gasteiger partial charge in [-0.1, -0.05) is 60.7 Å². The van der Waals surface area contributed by atoms with Crippen LogP contribution in [0.15, 0.2) is 89.8 Å². The third-order valence-electron chi connectivity index (χ3n) is 6.20. The Labute approximate surface area is 225 Å². The van der Waals surface area contributed by atoms with E-state index in [0.29, 0.717) is 28.8 Å². The first-order valence-electron chi connectivity index (χ1n) is 12.2. The van der Waals surface area contributed by atoms with E-state index in [1.807, 2.05) is 67.6 Å². The Balaban J connectivity index is 1.25. The Bertz CT molecular complexity index is 1520. The van der Waals surface area contributed by atoms with Gasteiger partial charge in [-0.15, -0.1) is 0 Å². The summed E-state index contributed by atoms with van der Waals surface area (Å²) in [6.45, 7) is 2.78. The number of rotatable bonds is 9. The standard InChI is InChI=1S/C31H27NO5S/c1-21-7-5-11-25(17-21)36-16-15-32-30(33)29(38-31(32)34)19-22-13-14-27(28(18-22)35-2)37-20-24-10-6-9-23-8-3-4-12-26(23)24/h3-14,17-19H,15-16,20H2,1-2H3/b29-19-. The van der Waals surface area contributed by atoms with Crippen LogP contribution in [-0.2, 0) is 11.4 Å². The van der Waals surface area contributed by atoms with E-state index in [9.17, 15) is 9.59 Å². The molecule has 1 fully saturated rings. The molecule has 192 valence electrons. The van der Waals surface area contributed by atoms with Crippen molar-refractivity contribution in [2.75, 3.05) is 20.3 Å². The molecule has 0 N–H and O–H groups in total. The molecule has 1 heterocycles. The maximum Gasteiger partial charge on any atom is 0.293 e. The van der Waals surface area contributed by atoms with Gasteiger partial charge >= 0.3 is 0 Å². The van der Waals surface area contributed by atoms with Gasteiger partial charge in [0, 0.05) is 0 Å². The predicted molar refractivity (Wildman–Crippen MR) is 151 cm³/mol. The molecular formula is C31H27NO5S. The van der Waals surface area contributed by atoms with Crippen LogP contribution in [0.1, 0.15) is 16.7 Å². The van der Waals surface area contributed by atoms with Crippen LogP contribution in [0.25, 0.3) is 16.8 Å². The zero-order chi connectivity index (χ0) is 26.5. The van der Waals surface area contributed by atoms with Crippen molar-refractivity contribution in [1.29, 1.82) is 0 Å². The van der Waals surface area contributed by atoms with Crippen LogP contribution in [0.2, 0.25) is 0 Å². The van der Waals surface area contributed by atoms with Crippen LogP contribution in [0.5, 0.6) is 17.2 Å². The zero-order valence-corrected chi connectivity index (χ0v) is 22.0. The van der Waals surface area contributed by atoms with Gasteiger partial charge in [0.1, 0.15) is 19.0 Å². The van der Waals surface area contributed by atoms with E-state index >= 15 is 0 Å². The van der Waals surface area contributed by atoms with Gasteiger partial charge < -0.3 is 14.2 Å². The van der Waals surface area contributed by atoms with Crippen molar-refractivity contribution < 1.29 is 23.8 Å². The minimum Gasteiger partial charge on any atom is -0.493 e. The van der Waals surface area contributed by atoms with E-state index in [4.69, 9.17) is 14.2 Å². The highest BCUT2D eigenvalue weighted by Crippen LogP contribution is 2.35. The molecule has 4 aromatic rings. The summed E-state index contributed by atoms with van der Waals surface area (Å²) in [4.78, 5) is 27.0. The zero-order valence-electron chi connectivity index (χ0n) is 21.2. The molecule has 1 aliphatic heterocycles. The van der Waals surface area contributed by atoms with E-state index in [2.05, 4.69) is 18.2 Å². The average molecular weight is 526 g/mol. The molecule has 4 aromatic carbocycles. The fourth-order valence-corrected chi connectivity index (χ4v) is 5.14. The lowest BCUT2D eigenvalue weighted by atomic mass is 10.1. The van der Waals surface area contributed by atoms with Crippen molar-refractivity contribution in [2.24, 2.45) is 0 Å². The molecule has 0 saturated carbocycles. The third kappa shape index (κ3) is 5.68. The van der Waals surface area contributed by atoms with E-state index in [1.165, 1.54) is 4.90 Å². The van der Waals surface area contributed by atoms with Crippen molar-refractivity contribution in [2.45, 2.75) is 13.5 Å². The number of benzene rings is 4. The number of amides is 2. The molecule has 38 heavy (non-hydrogen) atoms. The van der Waals surface area contributed by atoms with Crippen molar-refractivity contribution in [3.05, 3.63) is 107 Å². The molecule has 0 aliphatic carbocycles. The highest BCUT2D eigenvalue weighted by atomic mass is 32.2. The fourth-order valence-electron chi connectivity index (χ4n) is 4.27. The molecule has 5 rings (SSSR count). The van der Waals surface area contributed by atoms with Crippen LogP contribution in [0.4, 0.5) is 4.79 Å². The number of carbonyl (C=O) groups excluding carboxylic acids is 2. The molecule has 2 amide bonds. The maximum atomic E-state index is 12.9. The Kier molecular flexibility index (Phi) is 7.65. The Morgan fingerprint density at radius 3 is 2.53 bits per heavy atom. The van der Waals surface area contributed by atoms with Gasteiger partial charge in [-0.3, -0.25) is 14.5 Å². The van der Waals surface area contributed by atoms with Gasteiger partial charge in [-0.05, 0) is 76.5 Å². The van der Waals surface area contributed by atoms with Crippen molar-refractivity contribution in [3.63, 3.8) is 0 Å². The lowest BCUT2D eigenvalue weighted by Gasteiger charge is -2.13. The summed E-state index contributed by atoms with van der Waals surface area (Å²) in [6.07, 6.45) is 1.70. The van der Waals surface area contributed by atoms with Gasteiger partial charge in [0.05, 0.1) is 18.6 Å². The molecule has 1 saturated heterocycles. The summed E-state index contributed by atoms with van der Waals surface area (Å²) in [5, 5.41) is 1.99. The van der Waals surface area contributed by atoms with Crippen LogP contribution >= 0.6 is 11.8 Å². The monoisotopic (exact) mass is 525 g/mol. The van der Waals surface area contributed by atoms with Gasteiger partial charge in [-0.2, -0.15) is 0 Å². The van der Waals surface area contributed by atoms with E-state index in [-0.39, 0.29) is 24.3 Å². The van der Waals surface area contributed by atoms with Gasteiger partial charge in [-0.25, -0.2) is 0 Å². The summed E-state index contributed by atoms with van der Waals surface area (Å²) >= 11 is 0.923. The fraction of sp³-hybridized carbons (Fsp3) is 0.161. The second-order valence-electron chi connectivity index (χ2n) is 8.84. The molecule has 0 atom stereocenters. The number of carbonyl (C=O) groups is 2. The minimum atomic E-state index is -0.330. The Hall–Kier alpha value is -4.23. The number of aryl methyl sites for hydroxylation is 1. The third-order valence-corrected chi connectivity index (χ3v) is 7.10. The largest absolute Gasteiger partial charge is 0.493 e. The first-order chi connectivity index (χ1) is 18.5. The topological polar surface area (TPSA) is 65.1 Å². The number of imide groups is 1. The SMILES string of the molecule is COc1cc(/C=C2\SC(=O)N(CCOc3cccc(C)c3)C2=O)ccc1OCc1cccc2ccccc12. The lowest BCUT2D eigenvalue weighted by Crippen LogP contribution is -2.32. The van der Waals surface area contributed by atoms with Crippen molar-refractivity contribution >= 4 is 39.8 Å². The Morgan fingerprint density at radius 2 is 1.68 bits per heavy atom. The minimum absolute atomic E-state index is 0.181. The smallest absolute Gasteiger partial charge is 0.293 e. The predicted octanol–water partition coefficient (Wildman–Crippen LogP) is 6.85. The number of nitrogens with zero attached hydrogens (tertiary/aromatic N) is 1. The second-order valence-corrected chi connectivity index (χ2v) is 9.83. The highest BCUT2D eigenvalue weighted by Gasteiger charge is 2.34. The summed E-state index contributed by atoms with van der Waals surface area (Å²) < 4.78 is 17.4. The summed E-state index contributed by atoms with van der Waals surface area (Å²) in [5.74, 6) is 1.52. The number of hydrogen-bond acceptors (Lipinski definition) is 6. The first kappa shape index (κ1) is 25.4. The van der Waals surface area contributed by atoms with E-state index in [1.54, 1.807) is 19.3 Å². The Morgan fingerprint density at radius 1 is 0.868 bits per heavy atom. The van der Waals surface area contributed by atoms with Gasteiger partial charge in [0.2, 0.25) is 0 Å². The van der Waals surface area contributed by atoms with Gasteiger partial charge in [0.25, 0.3) is 11.1 Å². The van der Waals surface area contributed by atoms with E-state index < -0.39 is 0 Å². The van der Waals surface area contributed by atoms with Crippen molar-refractivity contribution in [3.8, 4) is 17.2 Å². The second kappa shape index (κ2) is 11.4. The molecular weight excluding hydrogens is 498 g/mol. The molecule has 0 spiro atoms. The number of methoxy groups -OCH3 is 1. The highest BCUT2D eigenvalue weighted by molar-refractivity contribution is 8.18. The van der Waals surface area contributed by atoms with Crippen LogP contribution in [0, 0.1) is 6.92 Å². The molecule has 0 bridgehead atoms. The maximum absolute atomic E-state index is 12.9. The first-order valence-corrected chi connectivity index (χ1v) is 13.1. The van der Waals surface area contributed by atoms with E-state index in [0.717, 1.165) is 39.2 Å². The normalized spacial score (nSPS) is 14.4. The van der Waals surface area contributed by atoms with Crippen LogP contribution < -0.4 is 14.2 Å². The quantitative estimate of drug-likeness (QED) is 0.223. The molecule has 0 radical (unpaired) electrons. The number of thioether (sulfide) groups is 1. The molecule has 6 nitrogen and oxygen atoms in total. The van der Waals surface area contributed by atoms with Crippen LogP contribution in [0.3, 0.4) is 0 Å². The summed E-state index contributed by atoms with van der Waals surface area (Å²) in [5.41, 5.74) is 2.90. The molecule has 0 aromatic heterocycles. The van der Waals surface area contributed by atoms with Gasteiger partial charge in [0.15, 0.2) is 11.5 Å². The molecule has 7 heteroatoms.